The van der Waals surface area contributed by atoms with Crippen molar-refractivity contribution >= 4 is 38.7 Å². The van der Waals surface area contributed by atoms with Gasteiger partial charge in [-0.05, 0) is 60.0 Å². The van der Waals surface area contributed by atoms with Crippen LogP contribution in [0, 0.1) is 0 Å². The van der Waals surface area contributed by atoms with Crippen LogP contribution in [0.25, 0.3) is 61.2 Å². The molecule has 0 saturated heterocycles. The van der Waals surface area contributed by atoms with Crippen LogP contribution < -0.4 is 14.2 Å². The van der Waals surface area contributed by atoms with Crippen LogP contribution in [0.4, 0.5) is 0 Å². The first kappa shape index (κ1) is 27.7. The molecule has 0 fully saturated rings. The van der Waals surface area contributed by atoms with Crippen molar-refractivity contribution in [1.29, 1.82) is 0 Å². The zero-order chi connectivity index (χ0) is 32.3. The fraction of sp³-hybridized carbons (Fsp3) is 0.0698. The minimum atomic E-state index is -0.492. The first-order valence-corrected chi connectivity index (χ1v) is 16.4. The van der Waals surface area contributed by atoms with Crippen molar-refractivity contribution < 1.29 is 18.6 Å². The van der Waals surface area contributed by atoms with Crippen LogP contribution >= 0.6 is 0 Å². The molecule has 0 spiro atoms. The number of nitrogens with zero attached hydrogens (tertiary/aromatic N) is 2. The van der Waals surface area contributed by atoms with E-state index in [-0.39, 0.29) is 0 Å². The fourth-order valence-electron chi connectivity index (χ4n) is 7.15. The van der Waals surface area contributed by atoms with Crippen molar-refractivity contribution in [2.24, 2.45) is 0 Å². The zero-order valence-electron chi connectivity index (χ0n) is 26.2. The topological polar surface area (TPSA) is 66.6 Å². The van der Waals surface area contributed by atoms with Gasteiger partial charge in [0.2, 0.25) is 0 Å². The molecule has 2 aliphatic heterocycles. The summed E-state index contributed by atoms with van der Waals surface area (Å²) in [6.07, 6.45) is 5.02. The lowest BCUT2D eigenvalue weighted by Crippen LogP contribution is -2.23. The maximum atomic E-state index is 6.87. The minimum absolute atomic E-state index is 0.298. The number of hydrogen-bond donors (Lipinski definition) is 0. The summed E-state index contributed by atoms with van der Waals surface area (Å²) in [7, 11) is 0. The smallest absolute Gasteiger partial charge is 0.175 e. The first-order chi connectivity index (χ1) is 24.3. The Labute approximate surface area is 281 Å². The molecule has 8 aromatic rings. The number of benzene rings is 5. The lowest BCUT2D eigenvalue weighted by molar-refractivity contribution is 0.0883. The molecule has 2 unspecified atom stereocenters. The van der Waals surface area contributed by atoms with Gasteiger partial charge in [-0.2, -0.15) is 0 Å². The second kappa shape index (κ2) is 11.1. The van der Waals surface area contributed by atoms with Gasteiger partial charge < -0.3 is 18.6 Å². The lowest BCUT2D eigenvalue weighted by Gasteiger charge is -2.28. The molecule has 3 aromatic heterocycles. The zero-order valence-corrected chi connectivity index (χ0v) is 26.2. The molecule has 6 heteroatoms. The van der Waals surface area contributed by atoms with E-state index in [1.54, 1.807) is 0 Å². The van der Waals surface area contributed by atoms with Gasteiger partial charge >= 0.3 is 0 Å². The van der Waals surface area contributed by atoms with Crippen molar-refractivity contribution in [3.05, 3.63) is 157 Å². The second-order valence-corrected chi connectivity index (χ2v) is 12.3. The van der Waals surface area contributed by atoms with Gasteiger partial charge in [0.05, 0.1) is 22.5 Å². The van der Waals surface area contributed by atoms with Crippen LogP contribution in [-0.2, 0) is 0 Å². The van der Waals surface area contributed by atoms with E-state index in [2.05, 4.69) is 54.6 Å². The minimum Gasteiger partial charge on any atom is -0.485 e. The number of ether oxygens (including phenoxy) is 3. The summed E-state index contributed by atoms with van der Waals surface area (Å²) < 4.78 is 26.6. The average molecular weight is 637 g/mol. The summed E-state index contributed by atoms with van der Waals surface area (Å²) in [5.74, 6) is 2.86. The van der Waals surface area contributed by atoms with Crippen molar-refractivity contribution in [3.8, 4) is 39.8 Å². The molecule has 49 heavy (non-hydrogen) atoms. The molecule has 234 valence electrons. The van der Waals surface area contributed by atoms with Crippen LogP contribution in [0.5, 0.6) is 17.2 Å². The SMILES string of the molecule is C1=CC(c2oc3ccc(-c4ccc5ccccc5n4)c(-c4nccc5ccccc45)c3c2C2COc3ccccc3O2)Oc2ccccc21. The van der Waals surface area contributed by atoms with Crippen molar-refractivity contribution in [2.75, 3.05) is 6.61 Å². The van der Waals surface area contributed by atoms with E-state index in [1.807, 2.05) is 91.1 Å². The van der Waals surface area contributed by atoms with E-state index >= 15 is 0 Å². The third kappa shape index (κ3) is 4.56. The fourth-order valence-corrected chi connectivity index (χ4v) is 7.15. The molecule has 2 aliphatic rings. The van der Waals surface area contributed by atoms with Gasteiger partial charge in [0, 0.05) is 39.0 Å². The highest BCUT2D eigenvalue weighted by Crippen LogP contribution is 2.49. The molecule has 2 atom stereocenters. The molecule has 0 aliphatic carbocycles. The third-order valence-corrected chi connectivity index (χ3v) is 9.42. The van der Waals surface area contributed by atoms with Gasteiger partial charge in [0.15, 0.2) is 29.5 Å². The number of hydrogen-bond acceptors (Lipinski definition) is 6. The van der Waals surface area contributed by atoms with Gasteiger partial charge in [-0.1, -0.05) is 84.9 Å². The number of pyridine rings is 2. The predicted octanol–water partition coefficient (Wildman–Crippen LogP) is 10.5. The van der Waals surface area contributed by atoms with Crippen LogP contribution in [-0.4, -0.2) is 16.6 Å². The van der Waals surface area contributed by atoms with E-state index in [4.69, 9.17) is 28.6 Å². The Kier molecular flexibility index (Phi) is 6.27. The highest BCUT2D eigenvalue weighted by atomic mass is 16.6. The van der Waals surface area contributed by atoms with E-state index < -0.39 is 12.2 Å². The van der Waals surface area contributed by atoms with E-state index in [1.165, 1.54) is 0 Å². The monoisotopic (exact) mass is 636 g/mol. The van der Waals surface area contributed by atoms with E-state index in [0.29, 0.717) is 29.4 Å². The molecule has 5 heterocycles. The number of furan rings is 1. The van der Waals surface area contributed by atoms with Gasteiger partial charge in [0.1, 0.15) is 17.9 Å². The predicted molar refractivity (Wildman–Crippen MR) is 192 cm³/mol. The molecule has 6 nitrogen and oxygen atoms in total. The Morgan fingerprint density at radius 1 is 0.653 bits per heavy atom. The number of rotatable bonds is 4. The molecule has 5 aromatic carbocycles. The number of fused-ring (bicyclic) bond motifs is 5. The summed E-state index contributed by atoms with van der Waals surface area (Å²) in [5.41, 5.74) is 7.06. The maximum absolute atomic E-state index is 6.87. The van der Waals surface area contributed by atoms with Crippen LogP contribution in [0.3, 0.4) is 0 Å². The van der Waals surface area contributed by atoms with Crippen molar-refractivity contribution in [2.45, 2.75) is 12.2 Å². The summed E-state index contributed by atoms with van der Waals surface area (Å²) >= 11 is 0. The average Bonchev–Trinajstić information content (AvgIpc) is 3.56. The number of para-hydroxylation sites is 4. The molecule has 0 N–H and O–H groups in total. The van der Waals surface area contributed by atoms with Gasteiger partial charge in [-0.15, -0.1) is 0 Å². The second-order valence-electron chi connectivity index (χ2n) is 12.3. The molecule has 0 bridgehead atoms. The molecule has 0 amide bonds. The lowest BCUT2D eigenvalue weighted by atomic mass is 9.90. The molecule has 0 saturated carbocycles. The first-order valence-electron chi connectivity index (χ1n) is 16.4. The van der Waals surface area contributed by atoms with Crippen LogP contribution in [0.15, 0.2) is 144 Å². The van der Waals surface area contributed by atoms with Crippen molar-refractivity contribution in [3.63, 3.8) is 0 Å². The standard InChI is InChI=1S/C43H28N2O4/c1-4-12-29-26(9-1)23-24-44-42(29)39-30(32-20-17-27-10-2-5-13-31(27)45-32)19-22-36-40(39)41(38-25-46-34-15-7-8-16-35(34)48-38)43(49-36)37-21-18-28-11-3-6-14-33(28)47-37/h1-24,37-38H,25H2. The Hall–Kier alpha value is -6.40. The Morgan fingerprint density at radius 3 is 2.39 bits per heavy atom. The highest BCUT2D eigenvalue weighted by molar-refractivity contribution is 6.10. The highest BCUT2D eigenvalue weighted by Gasteiger charge is 2.36. The van der Waals surface area contributed by atoms with Crippen LogP contribution in [0.2, 0.25) is 0 Å². The van der Waals surface area contributed by atoms with E-state index in [9.17, 15) is 0 Å². The molecular weight excluding hydrogens is 608 g/mol. The number of aromatic nitrogens is 2. The van der Waals surface area contributed by atoms with E-state index in [0.717, 1.165) is 66.5 Å². The summed E-state index contributed by atoms with van der Waals surface area (Å²) in [5, 5.41) is 4.10. The summed E-state index contributed by atoms with van der Waals surface area (Å²) in [4.78, 5) is 10.2. The Morgan fingerprint density at radius 2 is 1.45 bits per heavy atom. The summed E-state index contributed by atoms with van der Waals surface area (Å²) in [6, 6.07) is 42.7. The molecular formula is C43H28N2O4. The Balaban J connectivity index is 1.28. The molecule has 10 rings (SSSR count). The van der Waals surface area contributed by atoms with Gasteiger partial charge in [-0.3, -0.25) is 4.98 Å². The van der Waals surface area contributed by atoms with Gasteiger partial charge in [-0.25, -0.2) is 4.98 Å². The Bertz CT molecular complexity index is 2600. The largest absolute Gasteiger partial charge is 0.485 e. The summed E-state index contributed by atoms with van der Waals surface area (Å²) in [6.45, 7) is 0.298. The quantitative estimate of drug-likeness (QED) is 0.192. The maximum Gasteiger partial charge on any atom is 0.175 e. The third-order valence-electron chi connectivity index (χ3n) is 9.42. The molecule has 0 radical (unpaired) electrons. The normalized spacial score (nSPS) is 16.5. The van der Waals surface area contributed by atoms with Crippen LogP contribution in [0.1, 0.15) is 29.1 Å². The van der Waals surface area contributed by atoms with Crippen molar-refractivity contribution in [1.82, 2.24) is 9.97 Å². The van der Waals surface area contributed by atoms with Gasteiger partial charge in [0.25, 0.3) is 0 Å².